The van der Waals surface area contributed by atoms with Gasteiger partial charge >= 0.3 is 5.97 Å². The first-order valence-electron chi connectivity index (χ1n) is 4.51. The lowest BCUT2D eigenvalue weighted by Gasteiger charge is -2.15. The predicted octanol–water partition coefficient (Wildman–Crippen LogP) is 0.326. The zero-order valence-corrected chi connectivity index (χ0v) is 8.69. The summed E-state index contributed by atoms with van der Waals surface area (Å²) < 4.78 is 20.5. The average molecular weight is 204 g/mol. The first-order valence-corrected chi connectivity index (χ1v) is 4.51. The molecule has 0 saturated carbocycles. The molecule has 82 valence electrons. The number of methoxy groups -OCH3 is 2. The highest BCUT2D eigenvalue weighted by Gasteiger charge is 2.37. The van der Waals surface area contributed by atoms with Crippen LogP contribution in [0.25, 0.3) is 0 Å². The Labute approximate surface area is 83.3 Å². The fourth-order valence-corrected chi connectivity index (χ4v) is 1.52. The Hall–Kier alpha value is -0.650. The van der Waals surface area contributed by atoms with Gasteiger partial charge in [0.25, 0.3) is 0 Å². The van der Waals surface area contributed by atoms with E-state index in [1.54, 1.807) is 7.11 Å². The minimum atomic E-state index is -0.473. The van der Waals surface area contributed by atoms with Crippen LogP contribution in [-0.4, -0.2) is 45.3 Å². The van der Waals surface area contributed by atoms with Crippen LogP contribution in [0.2, 0.25) is 0 Å². The quantitative estimate of drug-likeness (QED) is 0.617. The van der Waals surface area contributed by atoms with Crippen molar-refractivity contribution < 1.29 is 23.7 Å². The SMILES string of the molecule is COC[C@H]1C[C@@H](OC(C)=O)C(OC)O1. The van der Waals surface area contributed by atoms with E-state index >= 15 is 0 Å². The van der Waals surface area contributed by atoms with Crippen molar-refractivity contribution in [3.8, 4) is 0 Å². The van der Waals surface area contributed by atoms with Gasteiger partial charge in [-0.2, -0.15) is 0 Å². The molecule has 1 rings (SSSR count). The minimum absolute atomic E-state index is 0.0608. The molecule has 3 atom stereocenters. The number of carbonyl (C=O) groups is 1. The molecule has 0 aliphatic carbocycles. The molecule has 0 aromatic heterocycles. The maximum Gasteiger partial charge on any atom is 0.303 e. The molecule has 1 aliphatic heterocycles. The lowest BCUT2D eigenvalue weighted by Crippen LogP contribution is -2.27. The molecule has 1 aliphatic rings. The van der Waals surface area contributed by atoms with E-state index in [4.69, 9.17) is 18.9 Å². The molecule has 0 radical (unpaired) electrons. The van der Waals surface area contributed by atoms with E-state index in [-0.39, 0.29) is 18.2 Å². The second-order valence-corrected chi connectivity index (χ2v) is 3.20. The molecule has 0 amide bonds. The lowest BCUT2D eigenvalue weighted by atomic mass is 10.2. The van der Waals surface area contributed by atoms with E-state index in [0.717, 1.165) is 0 Å². The summed E-state index contributed by atoms with van der Waals surface area (Å²) in [4.78, 5) is 10.8. The van der Waals surface area contributed by atoms with Gasteiger partial charge in [-0.05, 0) is 0 Å². The molecule has 0 bridgehead atoms. The van der Waals surface area contributed by atoms with Crippen molar-refractivity contribution >= 4 is 5.97 Å². The van der Waals surface area contributed by atoms with Crippen LogP contribution in [0.3, 0.4) is 0 Å². The summed E-state index contributed by atoms with van der Waals surface area (Å²) in [7, 11) is 3.13. The highest BCUT2D eigenvalue weighted by molar-refractivity contribution is 5.66. The van der Waals surface area contributed by atoms with Crippen LogP contribution in [0.5, 0.6) is 0 Å². The molecule has 14 heavy (non-hydrogen) atoms. The topological polar surface area (TPSA) is 54.0 Å². The van der Waals surface area contributed by atoms with E-state index in [1.807, 2.05) is 0 Å². The number of carbonyl (C=O) groups excluding carboxylic acids is 1. The second kappa shape index (κ2) is 5.29. The Kier molecular flexibility index (Phi) is 4.31. The van der Waals surface area contributed by atoms with Gasteiger partial charge in [0.1, 0.15) is 0 Å². The smallest absolute Gasteiger partial charge is 0.303 e. The number of ether oxygens (including phenoxy) is 4. The van der Waals surface area contributed by atoms with E-state index < -0.39 is 6.29 Å². The van der Waals surface area contributed by atoms with Gasteiger partial charge in [0.05, 0.1) is 12.7 Å². The summed E-state index contributed by atoms with van der Waals surface area (Å²) in [6, 6.07) is 0. The van der Waals surface area contributed by atoms with Crippen LogP contribution >= 0.6 is 0 Å². The van der Waals surface area contributed by atoms with Gasteiger partial charge in [0.15, 0.2) is 12.4 Å². The van der Waals surface area contributed by atoms with E-state index in [1.165, 1.54) is 14.0 Å². The summed E-state index contributed by atoms with van der Waals surface area (Å²) >= 11 is 0. The third kappa shape index (κ3) is 2.94. The largest absolute Gasteiger partial charge is 0.457 e. The minimum Gasteiger partial charge on any atom is -0.457 e. The van der Waals surface area contributed by atoms with Gasteiger partial charge < -0.3 is 18.9 Å². The zero-order valence-electron chi connectivity index (χ0n) is 8.69. The molecule has 1 fully saturated rings. The van der Waals surface area contributed by atoms with Crippen molar-refractivity contribution in [2.75, 3.05) is 20.8 Å². The Balaban J connectivity index is 2.44. The van der Waals surface area contributed by atoms with Crippen molar-refractivity contribution in [1.82, 2.24) is 0 Å². The maximum absolute atomic E-state index is 10.8. The highest BCUT2D eigenvalue weighted by Crippen LogP contribution is 2.23. The predicted molar refractivity (Wildman–Crippen MR) is 47.7 cm³/mol. The standard InChI is InChI=1S/C9H16O5/c1-6(10)13-8-4-7(5-11-2)14-9(8)12-3/h7-9H,4-5H2,1-3H3/t7-,8-,9?/m1/s1. The molecule has 1 saturated heterocycles. The summed E-state index contributed by atoms with van der Waals surface area (Å²) in [5.41, 5.74) is 0. The Bertz CT molecular complexity index is 194. The van der Waals surface area contributed by atoms with Crippen LogP contribution in [0.15, 0.2) is 0 Å². The first kappa shape index (κ1) is 11.4. The molecule has 0 aromatic carbocycles. The van der Waals surface area contributed by atoms with Crippen molar-refractivity contribution in [3.05, 3.63) is 0 Å². The zero-order chi connectivity index (χ0) is 10.6. The van der Waals surface area contributed by atoms with Gasteiger partial charge in [-0.15, -0.1) is 0 Å². The fraction of sp³-hybridized carbons (Fsp3) is 0.889. The van der Waals surface area contributed by atoms with Crippen LogP contribution in [0, 0.1) is 0 Å². The Morgan fingerprint density at radius 2 is 2.21 bits per heavy atom. The normalized spacial score (nSPS) is 31.8. The van der Waals surface area contributed by atoms with Gasteiger partial charge in [-0.3, -0.25) is 4.79 Å². The molecule has 1 unspecified atom stereocenters. The summed E-state index contributed by atoms with van der Waals surface area (Å²) in [5.74, 6) is -0.321. The molecule has 5 heteroatoms. The number of esters is 1. The summed E-state index contributed by atoms with van der Waals surface area (Å²) in [6.45, 7) is 1.86. The molecule has 0 aromatic rings. The van der Waals surface area contributed by atoms with Crippen molar-refractivity contribution in [2.24, 2.45) is 0 Å². The van der Waals surface area contributed by atoms with Gasteiger partial charge in [0, 0.05) is 27.6 Å². The van der Waals surface area contributed by atoms with Gasteiger partial charge in [0.2, 0.25) is 0 Å². The van der Waals surface area contributed by atoms with Crippen molar-refractivity contribution in [2.45, 2.75) is 31.8 Å². The maximum atomic E-state index is 10.8. The third-order valence-corrected chi connectivity index (χ3v) is 2.03. The molecule has 5 nitrogen and oxygen atoms in total. The molecule has 0 spiro atoms. The Morgan fingerprint density at radius 3 is 2.71 bits per heavy atom. The summed E-state index contributed by atoms with van der Waals surface area (Å²) in [6.07, 6.45) is -0.239. The number of hydrogen-bond donors (Lipinski definition) is 0. The summed E-state index contributed by atoms with van der Waals surface area (Å²) in [5, 5.41) is 0. The van der Waals surface area contributed by atoms with Gasteiger partial charge in [-0.1, -0.05) is 0 Å². The van der Waals surface area contributed by atoms with Crippen molar-refractivity contribution in [3.63, 3.8) is 0 Å². The second-order valence-electron chi connectivity index (χ2n) is 3.20. The molecule has 0 N–H and O–H groups in total. The lowest BCUT2D eigenvalue weighted by molar-refractivity contribution is -0.178. The van der Waals surface area contributed by atoms with Crippen LogP contribution < -0.4 is 0 Å². The average Bonchev–Trinajstić information content (AvgIpc) is 2.47. The first-order chi connectivity index (χ1) is 6.67. The Morgan fingerprint density at radius 1 is 1.50 bits per heavy atom. The van der Waals surface area contributed by atoms with Crippen LogP contribution in [0.1, 0.15) is 13.3 Å². The third-order valence-electron chi connectivity index (χ3n) is 2.03. The molecular weight excluding hydrogens is 188 g/mol. The molecular formula is C9H16O5. The van der Waals surface area contributed by atoms with Crippen LogP contribution in [0.4, 0.5) is 0 Å². The number of rotatable bonds is 4. The number of hydrogen-bond acceptors (Lipinski definition) is 5. The highest BCUT2D eigenvalue weighted by atomic mass is 16.7. The van der Waals surface area contributed by atoms with Gasteiger partial charge in [-0.25, -0.2) is 0 Å². The van der Waals surface area contributed by atoms with Crippen molar-refractivity contribution in [1.29, 1.82) is 0 Å². The molecule has 1 heterocycles. The van der Waals surface area contributed by atoms with E-state index in [2.05, 4.69) is 0 Å². The fourth-order valence-electron chi connectivity index (χ4n) is 1.52. The van der Waals surface area contributed by atoms with E-state index in [0.29, 0.717) is 13.0 Å². The van der Waals surface area contributed by atoms with E-state index in [9.17, 15) is 4.79 Å². The van der Waals surface area contributed by atoms with Crippen LogP contribution in [-0.2, 0) is 23.7 Å². The monoisotopic (exact) mass is 204 g/mol.